The summed E-state index contributed by atoms with van der Waals surface area (Å²) < 4.78 is 29.8. The largest absolute Gasteiger partial charge is 0.378 e. The van der Waals surface area contributed by atoms with Crippen LogP contribution in [0, 0.1) is 5.92 Å². The number of nitrogens with one attached hydrogen (secondary N) is 2. The Hall–Kier alpha value is -0.760. The molecule has 0 aliphatic heterocycles. The number of alkyl halides is 1. The second kappa shape index (κ2) is 14.8. The van der Waals surface area contributed by atoms with Crippen LogP contribution in [0.5, 0.6) is 0 Å². The molecule has 0 aromatic heterocycles. The number of carbonyl (C=O) groups is 1. The fourth-order valence-electron chi connectivity index (χ4n) is 1.61. The minimum absolute atomic E-state index is 0.0291. The molecule has 0 saturated heterocycles. The molecule has 1 amide bonds. The lowest BCUT2D eigenvalue weighted by molar-refractivity contribution is -0.124. The van der Waals surface area contributed by atoms with E-state index in [4.69, 9.17) is 14.2 Å². The minimum Gasteiger partial charge on any atom is -0.378 e. The standard InChI is InChI=1S/C16H33FN2O4/c1-5-18-6-7-21-8-9-22-10-11-23-14(4)15(17)12-19-16(20)13(2)3/h13-15,18H,5-12H2,1-4H3,(H,19,20). The molecule has 0 aliphatic carbocycles. The third-order valence-electron chi connectivity index (χ3n) is 3.16. The average Bonchev–Trinajstić information content (AvgIpc) is 2.53. The Kier molecular flexibility index (Phi) is 14.3. The van der Waals surface area contributed by atoms with Crippen LogP contribution in [0.2, 0.25) is 0 Å². The molecule has 2 unspecified atom stereocenters. The normalized spacial score (nSPS) is 14.0. The number of ether oxygens (including phenoxy) is 3. The van der Waals surface area contributed by atoms with Gasteiger partial charge in [0, 0.05) is 12.5 Å². The van der Waals surface area contributed by atoms with Gasteiger partial charge in [-0.15, -0.1) is 0 Å². The highest BCUT2D eigenvalue weighted by atomic mass is 19.1. The van der Waals surface area contributed by atoms with Gasteiger partial charge in [-0.05, 0) is 13.5 Å². The van der Waals surface area contributed by atoms with Crippen molar-refractivity contribution < 1.29 is 23.4 Å². The topological polar surface area (TPSA) is 68.8 Å². The zero-order valence-corrected chi connectivity index (χ0v) is 14.9. The zero-order valence-electron chi connectivity index (χ0n) is 14.9. The lowest BCUT2D eigenvalue weighted by Crippen LogP contribution is -2.38. The molecule has 7 heteroatoms. The molecule has 0 aliphatic rings. The average molecular weight is 336 g/mol. The number of amides is 1. The summed E-state index contributed by atoms with van der Waals surface area (Å²) in [4.78, 5) is 11.4. The van der Waals surface area contributed by atoms with Crippen molar-refractivity contribution in [3.8, 4) is 0 Å². The van der Waals surface area contributed by atoms with E-state index in [0.29, 0.717) is 33.0 Å². The van der Waals surface area contributed by atoms with Gasteiger partial charge in [-0.25, -0.2) is 4.39 Å². The van der Waals surface area contributed by atoms with Crippen LogP contribution in [0.4, 0.5) is 4.39 Å². The highest BCUT2D eigenvalue weighted by Gasteiger charge is 2.18. The summed E-state index contributed by atoms with van der Waals surface area (Å²) in [6.07, 6.45) is -1.81. The van der Waals surface area contributed by atoms with E-state index < -0.39 is 12.3 Å². The quantitative estimate of drug-likeness (QED) is 0.439. The summed E-state index contributed by atoms with van der Waals surface area (Å²) in [7, 11) is 0. The third-order valence-corrected chi connectivity index (χ3v) is 3.16. The van der Waals surface area contributed by atoms with Crippen molar-refractivity contribution >= 4 is 5.91 Å². The van der Waals surface area contributed by atoms with E-state index >= 15 is 0 Å². The van der Waals surface area contributed by atoms with Gasteiger partial charge in [0.15, 0.2) is 0 Å². The van der Waals surface area contributed by atoms with Crippen molar-refractivity contribution in [3.05, 3.63) is 0 Å². The van der Waals surface area contributed by atoms with Crippen LogP contribution < -0.4 is 10.6 Å². The molecule has 0 rings (SSSR count). The first-order valence-electron chi connectivity index (χ1n) is 8.38. The fraction of sp³-hybridized carbons (Fsp3) is 0.938. The third kappa shape index (κ3) is 13.4. The molecule has 0 bridgehead atoms. The van der Waals surface area contributed by atoms with E-state index in [-0.39, 0.29) is 18.4 Å². The van der Waals surface area contributed by atoms with Crippen LogP contribution >= 0.6 is 0 Å². The number of likely N-dealkylation sites (N-methyl/N-ethyl adjacent to an activating group) is 1. The molecule has 2 atom stereocenters. The summed E-state index contributed by atoms with van der Waals surface area (Å²) in [5.74, 6) is -0.302. The number of halogens is 1. The Morgan fingerprint density at radius 1 is 1.04 bits per heavy atom. The van der Waals surface area contributed by atoms with Crippen molar-refractivity contribution in [1.82, 2.24) is 10.6 Å². The van der Waals surface area contributed by atoms with Crippen molar-refractivity contribution in [2.75, 3.05) is 52.7 Å². The van der Waals surface area contributed by atoms with Crippen LogP contribution in [-0.4, -0.2) is 70.9 Å². The molecular formula is C16H33FN2O4. The maximum Gasteiger partial charge on any atom is 0.222 e. The van der Waals surface area contributed by atoms with E-state index in [2.05, 4.69) is 10.6 Å². The van der Waals surface area contributed by atoms with E-state index in [0.717, 1.165) is 13.1 Å². The fourth-order valence-corrected chi connectivity index (χ4v) is 1.61. The van der Waals surface area contributed by atoms with Gasteiger partial charge in [-0.1, -0.05) is 20.8 Å². The Morgan fingerprint density at radius 3 is 2.26 bits per heavy atom. The van der Waals surface area contributed by atoms with E-state index in [1.807, 2.05) is 6.92 Å². The van der Waals surface area contributed by atoms with Crippen molar-refractivity contribution in [3.63, 3.8) is 0 Å². The lowest BCUT2D eigenvalue weighted by atomic mass is 10.2. The predicted molar refractivity (Wildman–Crippen MR) is 88.3 cm³/mol. The van der Waals surface area contributed by atoms with Gasteiger partial charge in [-0.3, -0.25) is 4.79 Å². The molecule has 0 saturated carbocycles. The molecular weight excluding hydrogens is 303 g/mol. The highest BCUT2D eigenvalue weighted by Crippen LogP contribution is 2.03. The second-order valence-corrected chi connectivity index (χ2v) is 5.57. The summed E-state index contributed by atoms with van der Waals surface area (Å²) >= 11 is 0. The van der Waals surface area contributed by atoms with Crippen LogP contribution in [0.1, 0.15) is 27.7 Å². The van der Waals surface area contributed by atoms with Gasteiger partial charge in [0.1, 0.15) is 6.17 Å². The van der Waals surface area contributed by atoms with Gasteiger partial charge in [0.2, 0.25) is 5.91 Å². The maximum absolute atomic E-state index is 13.8. The minimum atomic E-state index is -1.23. The van der Waals surface area contributed by atoms with Crippen LogP contribution in [0.25, 0.3) is 0 Å². The molecule has 6 nitrogen and oxygen atoms in total. The van der Waals surface area contributed by atoms with E-state index in [1.165, 1.54) is 0 Å². The van der Waals surface area contributed by atoms with E-state index in [9.17, 15) is 9.18 Å². The number of hydrogen-bond donors (Lipinski definition) is 2. The molecule has 2 N–H and O–H groups in total. The van der Waals surface area contributed by atoms with Gasteiger partial charge in [-0.2, -0.15) is 0 Å². The van der Waals surface area contributed by atoms with Gasteiger partial charge in [0.25, 0.3) is 0 Å². The summed E-state index contributed by atoms with van der Waals surface area (Å²) in [6.45, 7) is 11.4. The summed E-state index contributed by atoms with van der Waals surface area (Å²) in [5, 5.41) is 5.71. The van der Waals surface area contributed by atoms with Gasteiger partial charge >= 0.3 is 0 Å². The predicted octanol–water partition coefficient (Wildman–Crippen LogP) is 1.14. The first-order chi connectivity index (χ1) is 11.0. The number of carbonyl (C=O) groups excluding carboxylic acids is 1. The Morgan fingerprint density at radius 2 is 1.65 bits per heavy atom. The van der Waals surface area contributed by atoms with Crippen molar-refractivity contribution in [2.24, 2.45) is 5.92 Å². The Balaban J connectivity index is 3.44. The Labute approximate surface area is 139 Å². The SMILES string of the molecule is CCNCCOCCOCCOC(C)C(F)CNC(=O)C(C)C. The molecule has 138 valence electrons. The van der Waals surface area contributed by atoms with Crippen molar-refractivity contribution in [2.45, 2.75) is 40.0 Å². The number of rotatable bonds is 15. The second-order valence-electron chi connectivity index (χ2n) is 5.57. The summed E-state index contributed by atoms with van der Waals surface area (Å²) in [6, 6.07) is 0. The van der Waals surface area contributed by atoms with Crippen LogP contribution in [-0.2, 0) is 19.0 Å². The molecule has 0 radical (unpaired) electrons. The Bertz CT molecular complexity index is 293. The number of hydrogen-bond acceptors (Lipinski definition) is 5. The first-order valence-corrected chi connectivity index (χ1v) is 8.38. The zero-order chi connectivity index (χ0) is 17.5. The molecule has 0 aromatic rings. The smallest absolute Gasteiger partial charge is 0.222 e. The van der Waals surface area contributed by atoms with Gasteiger partial charge < -0.3 is 24.8 Å². The van der Waals surface area contributed by atoms with Crippen molar-refractivity contribution in [1.29, 1.82) is 0 Å². The maximum atomic E-state index is 13.8. The monoisotopic (exact) mass is 336 g/mol. The first kappa shape index (κ1) is 22.2. The summed E-state index contributed by atoms with van der Waals surface area (Å²) in [5.41, 5.74) is 0. The molecule has 0 heterocycles. The van der Waals surface area contributed by atoms with E-state index in [1.54, 1.807) is 20.8 Å². The molecule has 23 heavy (non-hydrogen) atoms. The molecule has 0 fully saturated rings. The van der Waals surface area contributed by atoms with Gasteiger partial charge in [0.05, 0.1) is 45.7 Å². The highest BCUT2D eigenvalue weighted by molar-refractivity contribution is 5.77. The lowest BCUT2D eigenvalue weighted by Gasteiger charge is -2.18. The molecule has 0 spiro atoms. The van der Waals surface area contributed by atoms with Crippen LogP contribution in [0.15, 0.2) is 0 Å². The molecule has 0 aromatic carbocycles. The van der Waals surface area contributed by atoms with Crippen LogP contribution in [0.3, 0.4) is 0 Å².